The predicted molar refractivity (Wildman–Crippen MR) is 58.3 cm³/mol. The van der Waals surface area contributed by atoms with Gasteiger partial charge in [0.25, 0.3) is 0 Å². The van der Waals surface area contributed by atoms with Crippen LogP contribution >= 0.6 is 0 Å². The Morgan fingerprint density at radius 1 is 1.37 bits per heavy atom. The summed E-state index contributed by atoms with van der Waals surface area (Å²) in [6, 6.07) is 4.46. The lowest BCUT2D eigenvalue weighted by Crippen LogP contribution is -2.05. The zero-order valence-corrected chi connectivity index (χ0v) is 9.69. The summed E-state index contributed by atoms with van der Waals surface area (Å²) in [4.78, 5) is 11.4. The van der Waals surface area contributed by atoms with Gasteiger partial charge in [-0.05, 0) is 12.1 Å². The molecule has 2 aromatic rings. The number of aromatic nitrogens is 1. The van der Waals surface area contributed by atoms with Crippen molar-refractivity contribution in [3.05, 3.63) is 41.7 Å². The molecule has 0 saturated heterocycles. The van der Waals surface area contributed by atoms with Gasteiger partial charge >= 0.3 is 12.1 Å². The maximum Gasteiger partial charge on any atom is 0.416 e. The van der Waals surface area contributed by atoms with Gasteiger partial charge in [0.2, 0.25) is 0 Å². The van der Waals surface area contributed by atoms with Crippen molar-refractivity contribution in [3.63, 3.8) is 0 Å². The van der Waals surface area contributed by atoms with Crippen LogP contribution in [-0.2, 0) is 10.9 Å². The number of methoxy groups -OCH3 is 1. The number of ether oxygens (including phenoxy) is 1. The average molecular weight is 271 g/mol. The number of halogens is 3. The first-order valence-electron chi connectivity index (χ1n) is 5.14. The molecular weight excluding hydrogens is 263 g/mol. The largest absolute Gasteiger partial charge is 0.465 e. The van der Waals surface area contributed by atoms with Crippen molar-refractivity contribution in [2.75, 3.05) is 7.11 Å². The summed E-state index contributed by atoms with van der Waals surface area (Å²) in [7, 11) is 1.16. The van der Waals surface area contributed by atoms with E-state index >= 15 is 0 Å². The Bertz CT molecular complexity index is 604. The number of rotatable bonds is 2. The van der Waals surface area contributed by atoms with Crippen molar-refractivity contribution < 1.29 is 27.2 Å². The monoisotopic (exact) mass is 271 g/mol. The zero-order valence-electron chi connectivity index (χ0n) is 9.69. The highest BCUT2D eigenvalue weighted by Gasteiger charge is 2.31. The van der Waals surface area contributed by atoms with Crippen molar-refractivity contribution in [1.82, 2.24) is 5.16 Å². The predicted octanol–water partition coefficient (Wildman–Crippen LogP) is 3.15. The average Bonchev–Trinajstić information content (AvgIpc) is 2.86. The molecule has 0 N–H and O–H groups in total. The maximum atomic E-state index is 12.6. The first-order chi connectivity index (χ1) is 8.93. The van der Waals surface area contributed by atoms with Crippen LogP contribution in [0.4, 0.5) is 13.2 Å². The van der Waals surface area contributed by atoms with Gasteiger partial charge in [0, 0.05) is 5.56 Å². The minimum Gasteiger partial charge on any atom is -0.465 e. The van der Waals surface area contributed by atoms with E-state index in [9.17, 15) is 18.0 Å². The van der Waals surface area contributed by atoms with Crippen LogP contribution in [0.5, 0.6) is 0 Å². The summed E-state index contributed by atoms with van der Waals surface area (Å²) in [5.74, 6) is -0.728. The zero-order chi connectivity index (χ0) is 14.0. The first kappa shape index (κ1) is 13.1. The van der Waals surface area contributed by atoms with Gasteiger partial charge in [-0.3, -0.25) is 0 Å². The molecule has 1 heterocycles. The van der Waals surface area contributed by atoms with Crippen LogP contribution in [0.2, 0.25) is 0 Å². The van der Waals surface area contributed by atoms with Crippen LogP contribution in [0.1, 0.15) is 15.9 Å². The van der Waals surface area contributed by atoms with Gasteiger partial charge < -0.3 is 9.26 Å². The molecule has 0 aliphatic heterocycles. The molecule has 0 bridgehead atoms. The molecule has 1 aromatic heterocycles. The Morgan fingerprint density at radius 3 is 2.74 bits per heavy atom. The highest BCUT2D eigenvalue weighted by Crippen LogP contribution is 2.32. The minimum atomic E-state index is -4.47. The molecule has 4 nitrogen and oxygen atoms in total. The summed E-state index contributed by atoms with van der Waals surface area (Å²) >= 11 is 0. The quantitative estimate of drug-likeness (QED) is 0.787. The van der Waals surface area contributed by atoms with Crippen LogP contribution in [0.15, 0.2) is 35.1 Å². The Balaban J connectivity index is 2.49. The van der Waals surface area contributed by atoms with Crippen LogP contribution in [-0.4, -0.2) is 18.2 Å². The third kappa shape index (κ3) is 2.59. The van der Waals surface area contributed by atoms with Crippen molar-refractivity contribution in [2.24, 2.45) is 0 Å². The SMILES string of the molecule is COC(=O)c1conc1-c1cccc(C(F)(F)F)c1. The molecule has 0 radical (unpaired) electrons. The van der Waals surface area contributed by atoms with Gasteiger partial charge in [-0.1, -0.05) is 17.3 Å². The second-order valence-corrected chi connectivity index (χ2v) is 3.65. The number of hydrogen-bond acceptors (Lipinski definition) is 4. The third-order valence-electron chi connectivity index (χ3n) is 2.44. The summed E-state index contributed by atoms with van der Waals surface area (Å²) in [6.45, 7) is 0. The molecule has 0 amide bonds. The summed E-state index contributed by atoms with van der Waals surface area (Å²) in [5.41, 5.74) is -0.715. The van der Waals surface area contributed by atoms with Gasteiger partial charge in [0.05, 0.1) is 12.7 Å². The van der Waals surface area contributed by atoms with Crippen molar-refractivity contribution in [1.29, 1.82) is 0 Å². The van der Waals surface area contributed by atoms with E-state index in [1.165, 1.54) is 12.1 Å². The van der Waals surface area contributed by atoms with Gasteiger partial charge in [-0.2, -0.15) is 13.2 Å². The van der Waals surface area contributed by atoms with Gasteiger partial charge in [0.15, 0.2) is 0 Å². The fourth-order valence-corrected chi connectivity index (χ4v) is 1.54. The van der Waals surface area contributed by atoms with Gasteiger partial charge in [0.1, 0.15) is 17.5 Å². The Labute approximate surface area is 105 Å². The molecule has 7 heteroatoms. The van der Waals surface area contributed by atoms with Crippen molar-refractivity contribution >= 4 is 5.97 Å². The van der Waals surface area contributed by atoms with E-state index in [0.29, 0.717) is 0 Å². The number of nitrogens with zero attached hydrogens (tertiary/aromatic N) is 1. The van der Waals surface area contributed by atoms with Crippen molar-refractivity contribution in [2.45, 2.75) is 6.18 Å². The topological polar surface area (TPSA) is 52.3 Å². The molecule has 19 heavy (non-hydrogen) atoms. The minimum absolute atomic E-state index is 0.0120. The number of carbonyl (C=O) groups is 1. The normalized spacial score (nSPS) is 11.4. The van der Waals surface area contributed by atoms with E-state index in [2.05, 4.69) is 14.4 Å². The molecular formula is C12H8F3NO3. The number of benzene rings is 1. The lowest BCUT2D eigenvalue weighted by Gasteiger charge is -2.07. The van der Waals surface area contributed by atoms with Gasteiger partial charge in [-0.25, -0.2) is 4.79 Å². The van der Waals surface area contributed by atoms with Crippen LogP contribution in [0.25, 0.3) is 11.3 Å². The van der Waals surface area contributed by atoms with E-state index in [1.807, 2.05) is 0 Å². The molecule has 0 aliphatic rings. The fourth-order valence-electron chi connectivity index (χ4n) is 1.54. The number of hydrogen-bond donors (Lipinski definition) is 0. The Kier molecular flexibility index (Phi) is 3.28. The number of esters is 1. The lowest BCUT2D eigenvalue weighted by molar-refractivity contribution is -0.137. The van der Waals surface area contributed by atoms with Gasteiger partial charge in [-0.15, -0.1) is 0 Å². The second kappa shape index (κ2) is 4.75. The molecule has 0 unspecified atom stereocenters. The lowest BCUT2D eigenvalue weighted by atomic mass is 10.1. The summed E-state index contributed by atoms with van der Waals surface area (Å²) in [6.07, 6.45) is -3.44. The fraction of sp³-hybridized carbons (Fsp3) is 0.167. The molecule has 100 valence electrons. The van der Waals surface area contributed by atoms with Crippen molar-refractivity contribution in [3.8, 4) is 11.3 Å². The summed E-state index contributed by atoms with van der Waals surface area (Å²) < 4.78 is 46.9. The highest BCUT2D eigenvalue weighted by atomic mass is 19.4. The van der Waals surface area contributed by atoms with E-state index < -0.39 is 17.7 Å². The van der Waals surface area contributed by atoms with Crippen LogP contribution < -0.4 is 0 Å². The molecule has 0 aliphatic carbocycles. The van der Waals surface area contributed by atoms with E-state index in [4.69, 9.17) is 0 Å². The Morgan fingerprint density at radius 2 is 2.11 bits per heavy atom. The van der Waals surface area contributed by atoms with E-state index in [1.54, 1.807) is 0 Å². The summed E-state index contributed by atoms with van der Waals surface area (Å²) in [5, 5.41) is 3.54. The Hall–Kier alpha value is -2.31. The maximum absolute atomic E-state index is 12.6. The first-order valence-corrected chi connectivity index (χ1v) is 5.14. The van der Waals surface area contributed by atoms with Crippen LogP contribution in [0, 0.1) is 0 Å². The molecule has 0 spiro atoms. The molecule has 0 atom stereocenters. The van der Waals surface area contributed by atoms with E-state index in [0.717, 1.165) is 25.5 Å². The highest BCUT2D eigenvalue weighted by molar-refractivity contribution is 5.95. The molecule has 0 saturated carbocycles. The standard InChI is InChI=1S/C12H8F3NO3/c1-18-11(17)9-6-19-16-10(9)7-3-2-4-8(5-7)12(13,14)15/h2-6H,1H3. The second-order valence-electron chi connectivity index (χ2n) is 3.65. The number of alkyl halides is 3. The molecule has 0 fully saturated rings. The molecule has 1 aromatic carbocycles. The number of carbonyl (C=O) groups excluding carboxylic acids is 1. The van der Waals surface area contributed by atoms with Crippen LogP contribution in [0.3, 0.4) is 0 Å². The smallest absolute Gasteiger partial charge is 0.416 e. The third-order valence-corrected chi connectivity index (χ3v) is 2.44. The molecule has 2 rings (SSSR count). The van der Waals surface area contributed by atoms with E-state index in [-0.39, 0.29) is 16.8 Å².